The highest BCUT2D eigenvalue weighted by atomic mass is 28.5. The topological polar surface area (TPSA) is 64.6 Å². The molecule has 0 radical (unpaired) electrons. The lowest BCUT2D eigenvalue weighted by Gasteiger charge is -2.32. The van der Waals surface area contributed by atoms with Gasteiger partial charge in [-0.2, -0.15) is 0 Å². The normalized spacial score (nSPS) is 14.7. The van der Waals surface area contributed by atoms with E-state index < -0.39 is 78.0 Å². The van der Waals surface area contributed by atoms with Crippen molar-refractivity contribution in [2.45, 2.75) is 131 Å². The van der Waals surface area contributed by atoms with E-state index in [0.29, 0.717) is 0 Å². The molecule has 0 saturated heterocycles. The summed E-state index contributed by atoms with van der Waals surface area (Å²) in [6.07, 6.45) is 0. The molecule has 1 atom stereocenters. The monoisotopic (exact) mass is 682 g/mol. The second kappa shape index (κ2) is 17.6. The van der Waals surface area contributed by atoms with Crippen molar-refractivity contribution in [2.24, 2.45) is 0 Å². The molecule has 0 fully saturated rings. The van der Waals surface area contributed by atoms with Gasteiger partial charge in [0.05, 0.1) is 0 Å². The van der Waals surface area contributed by atoms with Gasteiger partial charge in [0.25, 0.3) is 18.6 Å². The summed E-state index contributed by atoms with van der Waals surface area (Å²) < 4.78 is 40.8. The van der Waals surface area contributed by atoms with Crippen LogP contribution in [-0.4, -0.2) is 85.1 Å². The van der Waals surface area contributed by atoms with Crippen LogP contribution in [0.3, 0.4) is 0 Å². The van der Waals surface area contributed by atoms with Crippen LogP contribution in [0.15, 0.2) is 0 Å². The summed E-state index contributed by atoms with van der Waals surface area (Å²) in [5, 5.41) is 0. The lowest BCUT2D eigenvalue weighted by molar-refractivity contribution is 0.292. The Morgan fingerprint density at radius 3 is 0.892 bits per heavy atom. The highest BCUT2D eigenvalue weighted by Gasteiger charge is 2.32. The average molecular weight is 684 g/mol. The van der Waals surface area contributed by atoms with E-state index in [-0.39, 0.29) is 0 Å². The van der Waals surface area contributed by atoms with Crippen LogP contribution in [-0.2, 0) is 29.1 Å². The second-order valence-electron chi connectivity index (χ2n) is 14.3. The standard InChI is InChI=1S/C7H22O3Si3.2C7H22O2Si3/c1-8-13(6,7)10-11(2)9-12(3,4)5;1-10(8-11(2,3)4)9-12(5,6)7;1-10(2)8-12(6,7)9-11(3,4)5/h11H,1-7H3;2*10H,1-7H3. The van der Waals surface area contributed by atoms with Crippen LogP contribution in [0, 0.1) is 0 Å². The first-order valence-electron chi connectivity index (χ1n) is 13.5. The molecular weight excluding hydrogens is 617 g/mol. The molecule has 0 bridgehead atoms. The number of hydrogen-bond acceptors (Lipinski definition) is 7. The molecule has 1 unspecified atom stereocenters. The number of rotatable bonds is 13. The third-order valence-electron chi connectivity index (χ3n) is 3.57. The predicted octanol–water partition coefficient (Wildman–Crippen LogP) is 7.13. The Morgan fingerprint density at radius 1 is 0.378 bits per heavy atom. The van der Waals surface area contributed by atoms with E-state index in [0.717, 1.165) is 0 Å². The molecule has 0 saturated carbocycles. The van der Waals surface area contributed by atoms with Crippen molar-refractivity contribution >= 4 is 78.0 Å². The van der Waals surface area contributed by atoms with Crippen molar-refractivity contribution in [1.29, 1.82) is 0 Å². The highest BCUT2D eigenvalue weighted by Crippen LogP contribution is 2.16. The van der Waals surface area contributed by atoms with Gasteiger partial charge in [-0.05, 0) is 131 Å². The van der Waals surface area contributed by atoms with E-state index in [2.05, 4.69) is 118 Å². The fourth-order valence-corrected chi connectivity index (χ4v) is 31.2. The van der Waals surface area contributed by atoms with E-state index in [1.54, 1.807) is 7.11 Å². The Morgan fingerprint density at radius 2 is 0.676 bits per heavy atom. The zero-order chi connectivity index (χ0) is 30.7. The molecule has 228 valence electrons. The van der Waals surface area contributed by atoms with Crippen molar-refractivity contribution in [3.05, 3.63) is 0 Å². The Balaban J connectivity index is -0.000000469. The van der Waals surface area contributed by atoms with Gasteiger partial charge in [0, 0.05) is 7.11 Å². The molecule has 0 N–H and O–H groups in total. The summed E-state index contributed by atoms with van der Waals surface area (Å²) in [6.45, 7) is 43.5. The molecule has 37 heavy (non-hydrogen) atoms. The van der Waals surface area contributed by atoms with E-state index in [4.69, 9.17) is 29.1 Å². The summed E-state index contributed by atoms with van der Waals surface area (Å²) in [6, 6.07) is 0. The Labute approximate surface area is 244 Å². The maximum atomic E-state index is 6.03. The van der Waals surface area contributed by atoms with Crippen molar-refractivity contribution in [3.8, 4) is 0 Å². The van der Waals surface area contributed by atoms with Crippen LogP contribution in [0.4, 0.5) is 0 Å². The summed E-state index contributed by atoms with van der Waals surface area (Å²) in [7, 11) is -11.2. The molecule has 0 spiro atoms. The Hall–Kier alpha value is 1.67. The largest absolute Gasteiger partial charge is 0.440 e. The predicted molar refractivity (Wildman–Crippen MR) is 187 cm³/mol. The van der Waals surface area contributed by atoms with Crippen molar-refractivity contribution < 1.29 is 29.1 Å². The molecular formula is C21H66O7Si9. The Kier molecular flexibility index (Phi) is 20.5. The SMILES string of the molecule is CO[Si](C)(C)O[SiH](C)O[Si](C)(C)C.C[SiH](C)O[Si](C)(C)O[Si](C)(C)C.C[SiH](O[Si](C)(C)C)O[Si](C)(C)C. The molecule has 0 aromatic heterocycles. The minimum Gasteiger partial charge on any atom is -0.440 e. The summed E-state index contributed by atoms with van der Waals surface area (Å²) in [5.41, 5.74) is 0. The molecule has 0 heterocycles. The summed E-state index contributed by atoms with van der Waals surface area (Å²) >= 11 is 0. The minimum atomic E-state index is -1.88. The van der Waals surface area contributed by atoms with Crippen LogP contribution in [0.1, 0.15) is 0 Å². The van der Waals surface area contributed by atoms with Gasteiger partial charge < -0.3 is 29.1 Å². The van der Waals surface area contributed by atoms with Gasteiger partial charge in [-0.3, -0.25) is 0 Å². The zero-order valence-electron chi connectivity index (χ0n) is 28.6. The number of hydrogen-bond donors (Lipinski definition) is 0. The highest BCUT2D eigenvalue weighted by molar-refractivity contribution is 6.84. The quantitative estimate of drug-likeness (QED) is 0.192. The molecule has 0 aliphatic carbocycles. The summed E-state index contributed by atoms with van der Waals surface area (Å²) in [4.78, 5) is 0. The first-order valence-corrected chi connectivity index (χ1v) is 39.8. The summed E-state index contributed by atoms with van der Waals surface area (Å²) in [5.74, 6) is 0. The average Bonchev–Trinajstić information content (AvgIpc) is 2.45. The molecule has 0 aromatic rings. The molecule has 16 heteroatoms. The van der Waals surface area contributed by atoms with E-state index in [1.807, 2.05) is 13.1 Å². The lowest BCUT2D eigenvalue weighted by atomic mass is 11.8. The Bertz CT molecular complexity index is 581. The maximum absolute atomic E-state index is 6.03. The first kappa shape index (κ1) is 43.1. The van der Waals surface area contributed by atoms with Crippen molar-refractivity contribution in [2.75, 3.05) is 7.11 Å². The van der Waals surface area contributed by atoms with Crippen molar-refractivity contribution in [1.82, 2.24) is 0 Å². The van der Waals surface area contributed by atoms with Gasteiger partial charge in [-0.1, -0.05) is 0 Å². The van der Waals surface area contributed by atoms with Crippen LogP contribution in [0.25, 0.3) is 0 Å². The van der Waals surface area contributed by atoms with Crippen LogP contribution >= 0.6 is 0 Å². The van der Waals surface area contributed by atoms with Gasteiger partial charge in [-0.25, -0.2) is 0 Å². The molecule has 7 nitrogen and oxygen atoms in total. The van der Waals surface area contributed by atoms with Crippen LogP contribution < -0.4 is 0 Å². The van der Waals surface area contributed by atoms with Crippen LogP contribution in [0.5, 0.6) is 0 Å². The minimum absolute atomic E-state index is 0.926. The first-order chi connectivity index (χ1) is 15.9. The molecule has 0 aromatic carbocycles. The van der Waals surface area contributed by atoms with E-state index >= 15 is 0 Å². The van der Waals surface area contributed by atoms with E-state index in [9.17, 15) is 0 Å². The second-order valence-corrected chi connectivity index (χ2v) is 47.1. The molecule has 0 aliphatic heterocycles. The van der Waals surface area contributed by atoms with Gasteiger partial charge in [0.2, 0.25) is 0 Å². The van der Waals surface area contributed by atoms with Crippen LogP contribution in [0.2, 0.25) is 131 Å². The fourth-order valence-electron chi connectivity index (χ4n) is 3.32. The zero-order valence-corrected chi connectivity index (χ0v) is 38.1. The molecule has 0 rings (SSSR count). The smallest absolute Gasteiger partial charge is 0.322 e. The van der Waals surface area contributed by atoms with E-state index in [1.165, 1.54) is 0 Å². The van der Waals surface area contributed by atoms with Crippen molar-refractivity contribution in [3.63, 3.8) is 0 Å². The third-order valence-corrected chi connectivity index (χ3v) is 29.2. The van der Waals surface area contributed by atoms with Gasteiger partial charge in [0.15, 0.2) is 42.3 Å². The third kappa shape index (κ3) is 37.7. The fraction of sp³-hybridized carbons (Fsp3) is 1.00. The van der Waals surface area contributed by atoms with Gasteiger partial charge in [0.1, 0.15) is 0 Å². The van der Waals surface area contributed by atoms with Gasteiger partial charge in [-0.15, -0.1) is 0 Å². The maximum Gasteiger partial charge on any atom is 0.322 e. The molecule has 0 amide bonds. The van der Waals surface area contributed by atoms with Gasteiger partial charge >= 0.3 is 17.1 Å². The lowest BCUT2D eigenvalue weighted by Crippen LogP contribution is -2.46. The molecule has 0 aliphatic rings.